The number of aryl methyl sites for hydroxylation is 1. The summed E-state index contributed by atoms with van der Waals surface area (Å²) in [6, 6.07) is 9.50. The van der Waals surface area contributed by atoms with Gasteiger partial charge in [0, 0.05) is 13.1 Å². The topological polar surface area (TPSA) is 82.2 Å². The van der Waals surface area contributed by atoms with Crippen molar-refractivity contribution in [1.82, 2.24) is 9.55 Å². The van der Waals surface area contributed by atoms with Crippen LogP contribution in [0.25, 0.3) is 10.2 Å². The van der Waals surface area contributed by atoms with Crippen molar-refractivity contribution in [3.8, 4) is 6.07 Å². The molecule has 7 heteroatoms. The van der Waals surface area contributed by atoms with E-state index in [-0.39, 0.29) is 12.1 Å². The smallest absolute Gasteiger partial charge is 0.264 e. The maximum absolute atomic E-state index is 13.3. The van der Waals surface area contributed by atoms with Gasteiger partial charge >= 0.3 is 0 Å². The zero-order chi connectivity index (χ0) is 19.0. The summed E-state index contributed by atoms with van der Waals surface area (Å²) in [5.74, 6) is 0.570. The third kappa shape index (κ3) is 3.22. The van der Waals surface area contributed by atoms with Gasteiger partial charge in [0.2, 0.25) is 5.95 Å². The molecule has 2 aromatic heterocycles. The molecule has 1 saturated heterocycles. The summed E-state index contributed by atoms with van der Waals surface area (Å²) in [4.78, 5) is 20.8. The van der Waals surface area contributed by atoms with E-state index in [1.54, 1.807) is 10.6 Å². The van der Waals surface area contributed by atoms with Gasteiger partial charge in [0.15, 0.2) is 0 Å². The molecule has 27 heavy (non-hydrogen) atoms. The molecule has 0 spiro atoms. The maximum atomic E-state index is 13.3. The number of nitriles is 1. The molecule has 1 atom stereocenters. The van der Waals surface area contributed by atoms with Gasteiger partial charge in [-0.2, -0.15) is 5.26 Å². The average Bonchev–Trinajstić information content (AvgIpc) is 3.05. The summed E-state index contributed by atoms with van der Waals surface area (Å²) in [5.41, 5.74) is 2.16. The average molecular weight is 380 g/mol. The van der Waals surface area contributed by atoms with Gasteiger partial charge in [-0.3, -0.25) is 9.36 Å². The summed E-state index contributed by atoms with van der Waals surface area (Å²) >= 11 is 1.46. The van der Waals surface area contributed by atoms with Crippen LogP contribution in [0.5, 0.6) is 0 Å². The first kappa shape index (κ1) is 17.7. The van der Waals surface area contributed by atoms with Crippen molar-refractivity contribution in [2.24, 2.45) is 0 Å². The molecule has 6 nitrogen and oxygen atoms in total. The summed E-state index contributed by atoms with van der Waals surface area (Å²) < 4.78 is 1.65. The number of nitrogens with zero attached hydrogens (tertiary/aromatic N) is 4. The van der Waals surface area contributed by atoms with Crippen LogP contribution in [-0.2, 0) is 6.54 Å². The molecular weight excluding hydrogens is 360 g/mol. The van der Waals surface area contributed by atoms with Crippen LogP contribution >= 0.6 is 11.3 Å². The summed E-state index contributed by atoms with van der Waals surface area (Å²) in [6.07, 6.45) is 1.20. The van der Waals surface area contributed by atoms with E-state index in [4.69, 9.17) is 4.98 Å². The molecule has 0 amide bonds. The Morgan fingerprint density at radius 2 is 2.22 bits per heavy atom. The lowest BCUT2D eigenvalue weighted by Gasteiger charge is -2.32. The predicted molar refractivity (Wildman–Crippen MR) is 106 cm³/mol. The lowest BCUT2D eigenvalue weighted by atomic mass is 10.1. The number of aliphatic hydroxyl groups excluding tert-OH is 1. The maximum Gasteiger partial charge on any atom is 0.264 e. The van der Waals surface area contributed by atoms with Crippen LogP contribution in [-0.4, -0.2) is 33.9 Å². The number of hydrogen-bond acceptors (Lipinski definition) is 6. The molecule has 1 fully saturated rings. The van der Waals surface area contributed by atoms with Crippen LogP contribution in [0, 0.1) is 18.3 Å². The van der Waals surface area contributed by atoms with Gasteiger partial charge in [-0.05, 0) is 42.3 Å². The molecule has 3 heterocycles. The fraction of sp³-hybridized carbons (Fsp3) is 0.350. The molecule has 4 rings (SSSR count). The Kier molecular flexibility index (Phi) is 4.68. The second-order valence-corrected chi connectivity index (χ2v) is 7.77. The molecule has 1 aliphatic rings. The van der Waals surface area contributed by atoms with Crippen molar-refractivity contribution in [3.05, 3.63) is 56.7 Å². The Morgan fingerprint density at radius 3 is 3.00 bits per heavy atom. The summed E-state index contributed by atoms with van der Waals surface area (Å²) in [7, 11) is 0. The predicted octanol–water partition coefficient (Wildman–Crippen LogP) is 2.65. The number of benzene rings is 1. The molecule has 0 bridgehead atoms. The Morgan fingerprint density at radius 1 is 1.41 bits per heavy atom. The van der Waals surface area contributed by atoms with E-state index < -0.39 is 6.10 Å². The molecule has 0 aliphatic carbocycles. The van der Waals surface area contributed by atoms with Crippen molar-refractivity contribution in [3.63, 3.8) is 0 Å². The van der Waals surface area contributed by atoms with Crippen molar-refractivity contribution >= 4 is 27.5 Å². The molecule has 1 aliphatic heterocycles. The van der Waals surface area contributed by atoms with E-state index in [1.807, 2.05) is 35.4 Å². The Labute approximate surface area is 160 Å². The zero-order valence-electron chi connectivity index (χ0n) is 15.1. The normalized spacial score (nSPS) is 17.2. The van der Waals surface area contributed by atoms with Crippen LogP contribution in [0.2, 0.25) is 0 Å². The molecular formula is C20H20N4O2S. The van der Waals surface area contributed by atoms with Crippen LogP contribution in [0.3, 0.4) is 0 Å². The minimum Gasteiger partial charge on any atom is -0.391 e. The quantitative estimate of drug-likeness (QED) is 0.755. The summed E-state index contributed by atoms with van der Waals surface area (Å²) in [6.45, 7) is 3.41. The number of thiophene rings is 1. The molecule has 1 aromatic carbocycles. The molecule has 0 radical (unpaired) electrons. The van der Waals surface area contributed by atoms with Gasteiger partial charge in [0.05, 0.1) is 29.7 Å². The second-order valence-electron chi connectivity index (χ2n) is 6.91. The van der Waals surface area contributed by atoms with Gasteiger partial charge in [-0.15, -0.1) is 11.3 Å². The number of rotatable bonds is 3. The van der Waals surface area contributed by atoms with Crippen LogP contribution < -0.4 is 10.5 Å². The minimum atomic E-state index is -0.420. The first-order valence-corrected chi connectivity index (χ1v) is 9.86. The minimum absolute atomic E-state index is 0.0958. The lowest BCUT2D eigenvalue weighted by molar-refractivity contribution is 0.153. The highest BCUT2D eigenvalue weighted by Gasteiger charge is 2.24. The van der Waals surface area contributed by atoms with E-state index >= 15 is 0 Å². The second kappa shape index (κ2) is 7.14. The number of anilines is 1. The molecule has 0 saturated carbocycles. The van der Waals surface area contributed by atoms with E-state index in [2.05, 4.69) is 6.07 Å². The highest BCUT2D eigenvalue weighted by molar-refractivity contribution is 7.16. The zero-order valence-corrected chi connectivity index (χ0v) is 15.9. The van der Waals surface area contributed by atoms with E-state index in [9.17, 15) is 15.2 Å². The first-order valence-electron chi connectivity index (χ1n) is 8.98. The Bertz CT molecular complexity index is 1100. The van der Waals surface area contributed by atoms with E-state index in [0.717, 1.165) is 35.3 Å². The Hall–Kier alpha value is -2.69. The third-order valence-corrected chi connectivity index (χ3v) is 5.99. The Balaban J connectivity index is 1.89. The van der Waals surface area contributed by atoms with Crippen LogP contribution in [0.1, 0.15) is 29.5 Å². The fourth-order valence-electron chi connectivity index (χ4n) is 3.61. The highest BCUT2D eigenvalue weighted by atomic mass is 32.1. The van der Waals surface area contributed by atoms with Crippen molar-refractivity contribution < 1.29 is 5.11 Å². The van der Waals surface area contributed by atoms with Gasteiger partial charge in [-0.25, -0.2) is 4.98 Å². The molecule has 138 valence electrons. The lowest BCUT2D eigenvalue weighted by Crippen LogP contribution is -2.42. The number of fused-ring (bicyclic) bond motifs is 1. The number of piperidine rings is 1. The van der Waals surface area contributed by atoms with Gasteiger partial charge in [-0.1, -0.05) is 18.2 Å². The fourth-order valence-corrected chi connectivity index (χ4v) is 4.51. The molecule has 1 unspecified atom stereocenters. The number of aromatic nitrogens is 2. The highest BCUT2D eigenvalue weighted by Crippen LogP contribution is 2.26. The van der Waals surface area contributed by atoms with Crippen LogP contribution in [0.4, 0.5) is 5.95 Å². The number of β-amino-alcohol motifs (C(OH)–C–C–N with tert-alkyl or cyclic N) is 1. The molecule has 1 N–H and O–H groups in total. The van der Waals surface area contributed by atoms with Gasteiger partial charge in [0.1, 0.15) is 4.83 Å². The standard InChI is InChI=1S/C20H20N4O2S/c1-13-12-27-18-17(13)19(26)24(10-15-6-3-2-5-14(15)9-21)20(22-18)23-8-4-7-16(25)11-23/h2-3,5-6,12,16,25H,4,7-8,10-11H2,1H3. The van der Waals surface area contributed by atoms with Crippen molar-refractivity contribution in [2.75, 3.05) is 18.0 Å². The number of hydrogen-bond donors (Lipinski definition) is 1. The molecule has 3 aromatic rings. The largest absolute Gasteiger partial charge is 0.391 e. The monoisotopic (exact) mass is 380 g/mol. The SMILES string of the molecule is Cc1csc2nc(N3CCCC(O)C3)n(Cc3ccccc3C#N)c(=O)c12. The summed E-state index contributed by atoms with van der Waals surface area (Å²) in [5, 5.41) is 22.1. The van der Waals surface area contributed by atoms with Crippen molar-refractivity contribution in [1.29, 1.82) is 5.26 Å². The van der Waals surface area contributed by atoms with Gasteiger partial charge < -0.3 is 10.0 Å². The third-order valence-electron chi connectivity index (χ3n) is 5.00. The van der Waals surface area contributed by atoms with Gasteiger partial charge in [0.25, 0.3) is 5.56 Å². The van der Waals surface area contributed by atoms with E-state index in [1.165, 1.54) is 11.3 Å². The van der Waals surface area contributed by atoms with Crippen LogP contribution in [0.15, 0.2) is 34.4 Å². The number of aliphatic hydroxyl groups is 1. The first-order chi connectivity index (χ1) is 13.1. The van der Waals surface area contributed by atoms with E-state index in [0.29, 0.717) is 23.4 Å². The van der Waals surface area contributed by atoms with Crippen molar-refractivity contribution in [2.45, 2.75) is 32.4 Å².